The molecule has 90 valence electrons. The van der Waals surface area contributed by atoms with Crippen LogP contribution in [0.5, 0.6) is 5.75 Å². The molecular weight excluding hydrogens is 287 g/mol. The number of benzene rings is 1. The van der Waals surface area contributed by atoms with Crippen molar-refractivity contribution in [1.82, 2.24) is 0 Å². The van der Waals surface area contributed by atoms with Gasteiger partial charge >= 0.3 is 6.18 Å². The molecule has 1 aromatic rings. The van der Waals surface area contributed by atoms with Crippen LogP contribution in [0.1, 0.15) is 5.56 Å². The molecule has 0 amide bonds. The topological polar surface area (TPSA) is 35.2 Å². The van der Waals surface area contributed by atoms with Crippen molar-refractivity contribution in [3.05, 3.63) is 28.2 Å². The van der Waals surface area contributed by atoms with E-state index < -0.39 is 12.2 Å². The fourth-order valence-electron chi connectivity index (χ4n) is 1.26. The third kappa shape index (κ3) is 3.38. The second-order valence-electron chi connectivity index (χ2n) is 3.31. The normalized spacial score (nSPS) is 13.6. The van der Waals surface area contributed by atoms with E-state index in [-0.39, 0.29) is 6.42 Å². The number of hydrogen-bond donors (Lipinski definition) is 1. The van der Waals surface area contributed by atoms with Gasteiger partial charge in [-0.05, 0) is 30.2 Å². The summed E-state index contributed by atoms with van der Waals surface area (Å²) in [7, 11) is 1.41. The number of methoxy groups -OCH3 is 1. The van der Waals surface area contributed by atoms with E-state index in [0.29, 0.717) is 15.8 Å². The molecular formula is C10H11BrF3NO. The number of ether oxygens (including phenoxy) is 1. The number of rotatable bonds is 3. The Morgan fingerprint density at radius 2 is 2.06 bits per heavy atom. The Morgan fingerprint density at radius 3 is 2.56 bits per heavy atom. The largest absolute Gasteiger partial charge is 0.496 e. The van der Waals surface area contributed by atoms with E-state index in [4.69, 9.17) is 10.5 Å². The molecule has 0 aliphatic heterocycles. The van der Waals surface area contributed by atoms with E-state index in [1.165, 1.54) is 7.11 Å². The second-order valence-corrected chi connectivity index (χ2v) is 4.22. The smallest absolute Gasteiger partial charge is 0.403 e. The van der Waals surface area contributed by atoms with Crippen LogP contribution < -0.4 is 10.5 Å². The summed E-state index contributed by atoms with van der Waals surface area (Å²) in [5, 5.41) is 0. The Morgan fingerprint density at radius 1 is 1.44 bits per heavy atom. The lowest BCUT2D eigenvalue weighted by Crippen LogP contribution is -2.39. The maximum Gasteiger partial charge on any atom is 0.403 e. The van der Waals surface area contributed by atoms with Crippen LogP contribution in [-0.2, 0) is 6.42 Å². The SMILES string of the molecule is COc1ccc(Br)cc1CC(N)C(F)(F)F. The van der Waals surface area contributed by atoms with Crippen LogP contribution in [0.15, 0.2) is 22.7 Å². The Kier molecular flexibility index (Phi) is 4.21. The predicted octanol–water partition coefficient (Wildman–Crippen LogP) is 2.89. The summed E-state index contributed by atoms with van der Waals surface area (Å²) < 4.78 is 42.5. The average Bonchev–Trinajstić information content (AvgIpc) is 2.16. The molecule has 0 fully saturated rings. The van der Waals surface area contributed by atoms with E-state index in [1.54, 1.807) is 18.2 Å². The second kappa shape index (κ2) is 5.05. The van der Waals surface area contributed by atoms with Crippen LogP contribution >= 0.6 is 15.9 Å². The lowest BCUT2D eigenvalue weighted by molar-refractivity contribution is -0.147. The monoisotopic (exact) mass is 297 g/mol. The zero-order valence-electron chi connectivity index (χ0n) is 8.51. The molecule has 2 nitrogen and oxygen atoms in total. The molecule has 0 heterocycles. The minimum atomic E-state index is -4.40. The third-order valence-corrected chi connectivity index (χ3v) is 2.60. The van der Waals surface area contributed by atoms with E-state index in [2.05, 4.69) is 15.9 Å². The fraction of sp³-hybridized carbons (Fsp3) is 0.400. The van der Waals surface area contributed by atoms with Crippen LogP contribution in [0.25, 0.3) is 0 Å². The molecule has 0 aliphatic carbocycles. The molecule has 1 atom stereocenters. The summed E-state index contributed by atoms with van der Waals surface area (Å²) in [6.07, 6.45) is -4.69. The molecule has 2 N–H and O–H groups in total. The Balaban J connectivity index is 2.91. The molecule has 0 saturated carbocycles. The van der Waals surface area contributed by atoms with Gasteiger partial charge in [-0.1, -0.05) is 15.9 Å². The summed E-state index contributed by atoms with van der Waals surface area (Å²) >= 11 is 3.19. The summed E-state index contributed by atoms with van der Waals surface area (Å²) in [5.74, 6) is 0.405. The first kappa shape index (κ1) is 13.3. The van der Waals surface area contributed by atoms with Gasteiger partial charge in [-0.3, -0.25) is 0 Å². The van der Waals surface area contributed by atoms with Crippen LogP contribution in [0.3, 0.4) is 0 Å². The molecule has 0 saturated heterocycles. The first-order valence-corrected chi connectivity index (χ1v) is 5.28. The van der Waals surface area contributed by atoms with E-state index >= 15 is 0 Å². The fourth-order valence-corrected chi connectivity index (χ4v) is 1.67. The summed E-state index contributed by atoms with van der Waals surface area (Å²) in [6, 6.07) is 2.99. The van der Waals surface area contributed by atoms with E-state index in [1.807, 2.05) is 0 Å². The highest BCUT2D eigenvalue weighted by Gasteiger charge is 2.36. The van der Waals surface area contributed by atoms with Crippen molar-refractivity contribution in [3.63, 3.8) is 0 Å². The van der Waals surface area contributed by atoms with Gasteiger partial charge in [0.05, 0.1) is 7.11 Å². The molecule has 0 aliphatic rings. The van der Waals surface area contributed by atoms with Crippen LogP contribution in [0.2, 0.25) is 0 Å². The maximum atomic E-state index is 12.3. The number of hydrogen-bond acceptors (Lipinski definition) is 2. The Hall–Kier alpha value is -0.750. The first-order chi connectivity index (χ1) is 7.34. The lowest BCUT2D eigenvalue weighted by Gasteiger charge is -2.17. The third-order valence-electron chi connectivity index (χ3n) is 2.10. The van der Waals surface area contributed by atoms with Gasteiger partial charge in [0.25, 0.3) is 0 Å². The van der Waals surface area contributed by atoms with Crippen LogP contribution in [0, 0.1) is 0 Å². The summed E-state index contributed by atoms with van der Waals surface area (Å²) in [4.78, 5) is 0. The Bertz CT molecular complexity index is 368. The van der Waals surface area contributed by atoms with Crippen molar-refractivity contribution in [2.24, 2.45) is 5.73 Å². The quantitative estimate of drug-likeness (QED) is 0.931. The van der Waals surface area contributed by atoms with Crippen LogP contribution in [0.4, 0.5) is 13.2 Å². The van der Waals surface area contributed by atoms with Crippen molar-refractivity contribution >= 4 is 15.9 Å². The van der Waals surface area contributed by atoms with Gasteiger partial charge in [-0.2, -0.15) is 13.2 Å². The summed E-state index contributed by atoms with van der Waals surface area (Å²) in [6.45, 7) is 0. The predicted molar refractivity (Wildman–Crippen MR) is 58.4 cm³/mol. The Labute approximate surface area is 99.7 Å². The van der Waals surface area contributed by atoms with Gasteiger partial charge in [0.1, 0.15) is 11.8 Å². The number of halogens is 4. The molecule has 16 heavy (non-hydrogen) atoms. The molecule has 6 heteroatoms. The van der Waals surface area contributed by atoms with Crippen molar-refractivity contribution in [3.8, 4) is 5.75 Å². The first-order valence-electron chi connectivity index (χ1n) is 4.49. The van der Waals surface area contributed by atoms with E-state index in [0.717, 1.165) is 0 Å². The molecule has 0 aromatic heterocycles. The van der Waals surface area contributed by atoms with E-state index in [9.17, 15) is 13.2 Å². The van der Waals surface area contributed by atoms with Crippen LogP contribution in [-0.4, -0.2) is 19.3 Å². The van der Waals surface area contributed by atoms with Crippen molar-refractivity contribution in [2.75, 3.05) is 7.11 Å². The highest BCUT2D eigenvalue weighted by molar-refractivity contribution is 9.10. The molecule has 0 bridgehead atoms. The zero-order valence-corrected chi connectivity index (χ0v) is 10.1. The van der Waals surface area contributed by atoms with Crippen molar-refractivity contribution in [1.29, 1.82) is 0 Å². The van der Waals surface area contributed by atoms with Gasteiger partial charge in [0.2, 0.25) is 0 Å². The van der Waals surface area contributed by atoms with Gasteiger partial charge in [0.15, 0.2) is 0 Å². The zero-order chi connectivity index (χ0) is 12.3. The molecule has 0 spiro atoms. The van der Waals surface area contributed by atoms with Gasteiger partial charge in [-0.15, -0.1) is 0 Å². The van der Waals surface area contributed by atoms with Gasteiger partial charge < -0.3 is 10.5 Å². The van der Waals surface area contributed by atoms with Crippen molar-refractivity contribution < 1.29 is 17.9 Å². The van der Waals surface area contributed by atoms with Gasteiger partial charge in [0, 0.05) is 4.47 Å². The highest BCUT2D eigenvalue weighted by Crippen LogP contribution is 2.28. The van der Waals surface area contributed by atoms with Gasteiger partial charge in [-0.25, -0.2) is 0 Å². The highest BCUT2D eigenvalue weighted by atomic mass is 79.9. The lowest BCUT2D eigenvalue weighted by atomic mass is 10.1. The standard InChI is InChI=1S/C10H11BrF3NO/c1-16-8-3-2-7(11)4-6(8)5-9(15)10(12,13)14/h2-4,9H,5,15H2,1H3. The summed E-state index contributed by atoms with van der Waals surface area (Å²) in [5.41, 5.74) is 5.49. The van der Waals surface area contributed by atoms with Crippen molar-refractivity contribution in [2.45, 2.75) is 18.6 Å². The minimum Gasteiger partial charge on any atom is -0.496 e. The molecule has 1 rings (SSSR count). The number of alkyl halides is 3. The minimum absolute atomic E-state index is 0.299. The molecule has 1 unspecified atom stereocenters. The molecule has 1 aromatic carbocycles. The number of nitrogens with two attached hydrogens (primary N) is 1. The average molecular weight is 298 g/mol. The molecule has 0 radical (unpaired) electrons. The maximum absolute atomic E-state index is 12.3.